The molecule has 0 radical (unpaired) electrons. The average Bonchev–Trinajstić information content (AvgIpc) is 2.54. The highest BCUT2D eigenvalue weighted by molar-refractivity contribution is 6.00. The number of hydrogen-bond donors (Lipinski definition) is 2. The van der Waals surface area contributed by atoms with Crippen molar-refractivity contribution >= 4 is 17.4 Å². The highest BCUT2D eigenvalue weighted by Gasteiger charge is 2.12. The number of nitrogens with one attached hydrogen (secondary N) is 2. The smallest absolute Gasteiger partial charge is 0.387 e. The molecule has 0 spiro atoms. The summed E-state index contributed by atoms with van der Waals surface area (Å²) in [5, 5.41) is 5.13. The highest BCUT2D eigenvalue weighted by atomic mass is 19.3. The van der Waals surface area contributed by atoms with E-state index < -0.39 is 12.6 Å². The molecule has 0 aliphatic heterocycles. The van der Waals surface area contributed by atoms with E-state index in [0.29, 0.717) is 11.4 Å². The minimum atomic E-state index is -3.00. The van der Waals surface area contributed by atoms with Crippen molar-refractivity contribution in [2.45, 2.75) is 6.61 Å². The second-order valence-corrected chi connectivity index (χ2v) is 4.56. The van der Waals surface area contributed by atoms with Gasteiger partial charge in [0.25, 0.3) is 0 Å². The number of alkyl halides is 2. The lowest BCUT2D eigenvalue weighted by atomic mass is 10.2. The molecule has 0 aromatic heterocycles. The molecule has 0 aliphatic carbocycles. The van der Waals surface area contributed by atoms with E-state index in [9.17, 15) is 13.6 Å². The second-order valence-electron chi connectivity index (χ2n) is 4.56. The van der Waals surface area contributed by atoms with Crippen molar-refractivity contribution < 1.29 is 27.8 Å². The molecule has 0 heterocycles. The third-order valence-electron chi connectivity index (χ3n) is 2.97. The molecule has 2 rings (SSSR count). The first-order chi connectivity index (χ1) is 11.5. The fourth-order valence-electron chi connectivity index (χ4n) is 1.94. The van der Waals surface area contributed by atoms with E-state index in [4.69, 9.17) is 9.47 Å². The molecule has 2 aromatic carbocycles. The molecule has 2 N–H and O–H groups in total. The van der Waals surface area contributed by atoms with Gasteiger partial charge in [-0.3, -0.25) is 0 Å². The summed E-state index contributed by atoms with van der Waals surface area (Å²) in [6.45, 7) is -3.00. The summed E-state index contributed by atoms with van der Waals surface area (Å²) < 4.78 is 39.1. The topological polar surface area (TPSA) is 68.8 Å². The van der Waals surface area contributed by atoms with Crippen LogP contribution in [0.5, 0.6) is 17.2 Å². The van der Waals surface area contributed by atoms with Gasteiger partial charge in [0.2, 0.25) is 0 Å². The minimum absolute atomic E-state index is 0.133. The molecule has 0 aliphatic rings. The van der Waals surface area contributed by atoms with Crippen LogP contribution in [0.1, 0.15) is 0 Å². The largest absolute Gasteiger partial charge is 0.497 e. The van der Waals surface area contributed by atoms with Gasteiger partial charge in [-0.2, -0.15) is 8.78 Å². The molecular weight excluding hydrogens is 322 g/mol. The molecule has 6 nitrogen and oxygen atoms in total. The second kappa shape index (κ2) is 8.00. The number of anilines is 2. The number of carbonyl (C=O) groups excluding carboxylic acids is 1. The van der Waals surface area contributed by atoms with Gasteiger partial charge < -0.3 is 24.8 Å². The molecule has 128 valence electrons. The Balaban J connectivity index is 2.07. The number of benzene rings is 2. The zero-order chi connectivity index (χ0) is 17.5. The first-order valence-corrected chi connectivity index (χ1v) is 6.86. The molecular formula is C16H16F2N2O4. The van der Waals surface area contributed by atoms with Crippen LogP contribution in [-0.4, -0.2) is 26.9 Å². The van der Waals surface area contributed by atoms with Crippen molar-refractivity contribution in [1.82, 2.24) is 0 Å². The molecule has 0 bridgehead atoms. The lowest BCUT2D eigenvalue weighted by Gasteiger charge is -2.13. The number of urea groups is 1. The molecule has 2 aromatic rings. The van der Waals surface area contributed by atoms with Crippen molar-refractivity contribution in [2.24, 2.45) is 0 Å². The number of rotatable bonds is 6. The number of methoxy groups -OCH3 is 2. The Morgan fingerprint density at radius 1 is 0.958 bits per heavy atom. The summed E-state index contributed by atoms with van der Waals surface area (Å²) in [5.41, 5.74) is 0.788. The van der Waals surface area contributed by atoms with Crippen LogP contribution in [0.15, 0.2) is 42.5 Å². The summed E-state index contributed by atoms with van der Waals surface area (Å²) >= 11 is 0. The summed E-state index contributed by atoms with van der Waals surface area (Å²) in [6.07, 6.45) is 0. The Labute approximate surface area is 137 Å². The van der Waals surface area contributed by atoms with Gasteiger partial charge in [-0.1, -0.05) is 6.07 Å². The highest BCUT2D eigenvalue weighted by Crippen LogP contribution is 2.31. The Kier molecular flexibility index (Phi) is 5.78. The van der Waals surface area contributed by atoms with Gasteiger partial charge in [0, 0.05) is 23.5 Å². The van der Waals surface area contributed by atoms with Crippen LogP contribution in [0.4, 0.5) is 25.0 Å². The molecule has 2 amide bonds. The normalized spacial score (nSPS) is 10.2. The SMILES string of the molecule is COc1cccc(NC(=O)Nc2ccc(OC)c(OC(F)F)c2)c1. The van der Waals surface area contributed by atoms with E-state index in [2.05, 4.69) is 15.4 Å². The van der Waals surface area contributed by atoms with Gasteiger partial charge in [-0.15, -0.1) is 0 Å². The van der Waals surface area contributed by atoms with E-state index in [1.54, 1.807) is 24.3 Å². The van der Waals surface area contributed by atoms with Crippen LogP contribution in [0.2, 0.25) is 0 Å². The molecule has 0 unspecified atom stereocenters. The maximum absolute atomic E-state index is 12.4. The monoisotopic (exact) mass is 338 g/mol. The lowest BCUT2D eigenvalue weighted by Crippen LogP contribution is -2.19. The van der Waals surface area contributed by atoms with E-state index in [1.165, 1.54) is 32.4 Å². The van der Waals surface area contributed by atoms with Crippen LogP contribution >= 0.6 is 0 Å². The van der Waals surface area contributed by atoms with Crippen molar-refractivity contribution in [2.75, 3.05) is 24.9 Å². The average molecular weight is 338 g/mol. The van der Waals surface area contributed by atoms with Crippen molar-refractivity contribution in [3.63, 3.8) is 0 Å². The summed E-state index contributed by atoms with van der Waals surface area (Å²) in [5.74, 6) is 0.547. The molecule has 8 heteroatoms. The first kappa shape index (κ1) is 17.3. The van der Waals surface area contributed by atoms with E-state index in [0.717, 1.165) is 0 Å². The summed E-state index contributed by atoms with van der Waals surface area (Å²) in [6, 6.07) is 10.4. The van der Waals surface area contributed by atoms with Crippen LogP contribution in [0.25, 0.3) is 0 Å². The van der Waals surface area contributed by atoms with E-state index >= 15 is 0 Å². The van der Waals surface area contributed by atoms with Gasteiger partial charge >= 0.3 is 12.6 Å². The van der Waals surface area contributed by atoms with Gasteiger partial charge in [-0.25, -0.2) is 4.79 Å². The van der Waals surface area contributed by atoms with Crippen LogP contribution in [0, 0.1) is 0 Å². The van der Waals surface area contributed by atoms with Gasteiger partial charge in [0.15, 0.2) is 11.5 Å². The van der Waals surface area contributed by atoms with E-state index in [-0.39, 0.29) is 17.2 Å². The Hall–Kier alpha value is -3.03. The molecule has 24 heavy (non-hydrogen) atoms. The third-order valence-corrected chi connectivity index (χ3v) is 2.97. The Bertz CT molecular complexity index is 710. The van der Waals surface area contributed by atoms with Crippen molar-refractivity contribution in [1.29, 1.82) is 0 Å². The standard InChI is InChI=1S/C16H16F2N2O4/c1-22-12-5-3-4-10(8-12)19-16(21)20-11-6-7-13(23-2)14(9-11)24-15(17)18/h3-9,15H,1-2H3,(H2,19,20,21). The first-order valence-electron chi connectivity index (χ1n) is 6.86. The fourth-order valence-corrected chi connectivity index (χ4v) is 1.94. The number of carbonyl (C=O) groups is 1. The van der Waals surface area contributed by atoms with Crippen LogP contribution < -0.4 is 24.8 Å². The number of ether oxygens (including phenoxy) is 3. The van der Waals surface area contributed by atoms with Gasteiger partial charge in [0.1, 0.15) is 5.75 Å². The number of amides is 2. The van der Waals surface area contributed by atoms with Gasteiger partial charge in [-0.05, 0) is 24.3 Å². The maximum Gasteiger partial charge on any atom is 0.387 e. The minimum Gasteiger partial charge on any atom is -0.497 e. The Morgan fingerprint density at radius 3 is 2.29 bits per heavy atom. The molecule has 0 saturated carbocycles. The lowest BCUT2D eigenvalue weighted by molar-refractivity contribution is -0.0511. The fraction of sp³-hybridized carbons (Fsp3) is 0.188. The quantitative estimate of drug-likeness (QED) is 0.837. The summed E-state index contributed by atoms with van der Waals surface area (Å²) in [4.78, 5) is 12.0. The predicted octanol–water partition coefficient (Wildman–Crippen LogP) is 3.95. The predicted molar refractivity (Wildman–Crippen MR) is 85.3 cm³/mol. The zero-order valence-electron chi connectivity index (χ0n) is 13.0. The van der Waals surface area contributed by atoms with Crippen molar-refractivity contribution in [3.8, 4) is 17.2 Å². The number of hydrogen-bond acceptors (Lipinski definition) is 4. The molecule has 0 atom stereocenters. The zero-order valence-corrected chi connectivity index (χ0v) is 13.0. The van der Waals surface area contributed by atoms with Gasteiger partial charge in [0.05, 0.1) is 14.2 Å². The maximum atomic E-state index is 12.4. The molecule has 0 fully saturated rings. The summed E-state index contributed by atoms with van der Waals surface area (Å²) in [7, 11) is 2.84. The van der Waals surface area contributed by atoms with Crippen LogP contribution in [0.3, 0.4) is 0 Å². The van der Waals surface area contributed by atoms with Crippen LogP contribution in [-0.2, 0) is 0 Å². The van der Waals surface area contributed by atoms with Crippen molar-refractivity contribution in [3.05, 3.63) is 42.5 Å². The third kappa shape index (κ3) is 4.73. The number of halogens is 2. The molecule has 0 saturated heterocycles. The van der Waals surface area contributed by atoms with E-state index in [1.807, 2.05) is 0 Å². The Morgan fingerprint density at radius 2 is 1.67 bits per heavy atom.